The third kappa shape index (κ3) is 6.62. The lowest BCUT2D eigenvalue weighted by atomic mass is 10.2. The van der Waals surface area contributed by atoms with Gasteiger partial charge in [-0.05, 0) is 38.0 Å². The highest BCUT2D eigenvalue weighted by molar-refractivity contribution is 5.98. The summed E-state index contributed by atoms with van der Waals surface area (Å²) in [6, 6.07) is 3.96. The second-order valence-corrected chi connectivity index (χ2v) is 5.97. The van der Waals surface area contributed by atoms with Crippen LogP contribution in [0.3, 0.4) is 0 Å². The van der Waals surface area contributed by atoms with E-state index in [0.717, 1.165) is 0 Å². The number of hydrogen-bond acceptors (Lipinski definition) is 6. The number of imide groups is 1. The molecule has 1 rings (SSSR count). The zero-order valence-corrected chi connectivity index (χ0v) is 15.8. The van der Waals surface area contributed by atoms with Crippen LogP contribution in [0.1, 0.15) is 38.1 Å². The molecule has 0 saturated carbocycles. The first-order valence-electron chi connectivity index (χ1n) is 8.39. The lowest BCUT2D eigenvalue weighted by molar-refractivity contribution is -0.127. The van der Waals surface area contributed by atoms with E-state index in [1.54, 1.807) is 13.0 Å². The Labute approximate surface area is 153 Å². The molecular weight excluding hydrogens is 340 g/mol. The largest absolute Gasteiger partial charge is 0.493 e. The number of ether oxygens (including phenoxy) is 3. The molecule has 0 bridgehead atoms. The van der Waals surface area contributed by atoms with Gasteiger partial charge in [0, 0.05) is 6.54 Å². The van der Waals surface area contributed by atoms with Crippen LogP contribution in [-0.2, 0) is 9.53 Å². The molecule has 0 heterocycles. The van der Waals surface area contributed by atoms with Crippen LogP contribution in [-0.4, -0.2) is 44.3 Å². The van der Waals surface area contributed by atoms with Crippen LogP contribution in [0.5, 0.6) is 11.5 Å². The molecule has 144 valence electrons. The number of amides is 3. The molecule has 2 N–H and O–H groups in total. The molecule has 26 heavy (non-hydrogen) atoms. The van der Waals surface area contributed by atoms with Gasteiger partial charge >= 0.3 is 12.0 Å². The molecule has 0 saturated heterocycles. The van der Waals surface area contributed by atoms with Gasteiger partial charge in [-0.1, -0.05) is 13.8 Å². The van der Waals surface area contributed by atoms with Crippen molar-refractivity contribution in [2.45, 2.75) is 33.8 Å². The number of rotatable bonds is 8. The van der Waals surface area contributed by atoms with E-state index in [1.165, 1.54) is 26.2 Å². The normalized spacial score (nSPS) is 11.5. The summed E-state index contributed by atoms with van der Waals surface area (Å²) in [6.07, 6.45) is -1.13. The fourth-order valence-electron chi connectivity index (χ4n) is 1.87. The van der Waals surface area contributed by atoms with Crippen molar-refractivity contribution in [2.75, 3.05) is 20.3 Å². The standard InChI is InChI=1S/C18H26N2O6/c1-6-19-18(23)20-16(21)12(4)26-17(22)13-7-8-14(15(9-13)24-5)25-10-11(2)3/h7-9,11-12H,6,10H2,1-5H3,(H2,19,20,21,23). The van der Waals surface area contributed by atoms with Gasteiger partial charge in [0.1, 0.15) is 0 Å². The number of carbonyl (C=O) groups is 3. The van der Waals surface area contributed by atoms with E-state index in [2.05, 4.69) is 10.6 Å². The van der Waals surface area contributed by atoms with E-state index in [4.69, 9.17) is 14.2 Å². The lowest BCUT2D eigenvalue weighted by Gasteiger charge is -2.15. The maximum Gasteiger partial charge on any atom is 0.339 e. The van der Waals surface area contributed by atoms with Gasteiger partial charge in [-0.2, -0.15) is 0 Å². The van der Waals surface area contributed by atoms with E-state index in [9.17, 15) is 14.4 Å². The van der Waals surface area contributed by atoms with Crippen LogP contribution in [0.15, 0.2) is 18.2 Å². The Balaban J connectivity index is 2.74. The van der Waals surface area contributed by atoms with Crippen molar-refractivity contribution in [3.8, 4) is 11.5 Å². The maximum absolute atomic E-state index is 12.2. The average molecular weight is 366 g/mol. The summed E-state index contributed by atoms with van der Waals surface area (Å²) < 4.78 is 15.9. The van der Waals surface area contributed by atoms with Crippen molar-refractivity contribution in [3.63, 3.8) is 0 Å². The number of carbonyl (C=O) groups excluding carboxylic acids is 3. The maximum atomic E-state index is 12.2. The molecule has 0 spiro atoms. The SMILES string of the molecule is CCNC(=O)NC(=O)C(C)OC(=O)c1ccc(OCC(C)C)c(OC)c1. The van der Waals surface area contributed by atoms with Crippen LogP contribution in [0.2, 0.25) is 0 Å². The van der Waals surface area contributed by atoms with Gasteiger partial charge in [-0.3, -0.25) is 10.1 Å². The van der Waals surface area contributed by atoms with Crippen molar-refractivity contribution in [3.05, 3.63) is 23.8 Å². The number of benzene rings is 1. The fourth-order valence-corrected chi connectivity index (χ4v) is 1.87. The van der Waals surface area contributed by atoms with Crippen LogP contribution in [0.4, 0.5) is 4.79 Å². The minimum Gasteiger partial charge on any atom is -0.493 e. The highest BCUT2D eigenvalue weighted by Crippen LogP contribution is 2.28. The van der Waals surface area contributed by atoms with Gasteiger partial charge < -0.3 is 19.5 Å². The Hall–Kier alpha value is -2.77. The molecule has 8 heteroatoms. The van der Waals surface area contributed by atoms with Crippen molar-refractivity contribution in [2.24, 2.45) is 5.92 Å². The van der Waals surface area contributed by atoms with Crippen LogP contribution in [0, 0.1) is 5.92 Å². The third-order valence-electron chi connectivity index (χ3n) is 3.20. The molecule has 0 fully saturated rings. The van der Waals surface area contributed by atoms with Crippen molar-refractivity contribution >= 4 is 17.9 Å². The van der Waals surface area contributed by atoms with E-state index >= 15 is 0 Å². The van der Waals surface area contributed by atoms with Gasteiger partial charge in [0.25, 0.3) is 5.91 Å². The van der Waals surface area contributed by atoms with E-state index in [1.807, 2.05) is 13.8 Å². The first-order chi connectivity index (χ1) is 12.3. The third-order valence-corrected chi connectivity index (χ3v) is 3.20. The molecular formula is C18H26N2O6. The topological polar surface area (TPSA) is 103 Å². The highest BCUT2D eigenvalue weighted by Gasteiger charge is 2.21. The zero-order valence-electron chi connectivity index (χ0n) is 15.8. The minimum absolute atomic E-state index is 0.205. The molecule has 1 aromatic carbocycles. The quantitative estimate of drug-likeness (QED) is 0.683. The van der Waals surface area contributed by atoms with E-state index in [0.29, 0.717) is 30.6 Å². The minimum atomic E-state index is -1.13. The van der Waals surface area contributed by atoms with Crippen molar-refractivity contribution in [1.29, 1.82) is 0 Å². The summed E-state index contributed by atoms with van der Waals surface area (Å²) in [5, 5.41) is 4.50. The summed E-state index contributed by atoms with van der Waals surface area (Å²) in [5.74, 6) is -0.182. The predicted molar refractivity (Wildman–Crippen MR) is 95.4 cm³/mol. The molecule has 8 nitrogen and oxygen atoms in total. The Morgan fingerprint density at radius 2 is 1.81 bits per heavy atom. The van der Waals surface area contributed by atoms with Crippen LogP contribution in [0.25, 0.3) is 0 Å². The molecule has 1 atom stereocenters. The molecule has 0 aromatic heterocycles. The van der Waals surface area contributed by atoms with Crippen LogP contribution >= 0.6 is 0 Å². The molecule has 1 aromatic rings. The summed E-state index contributed by atoms with van der Waals surface area (Å²) in [6.45, 7) is 8.02. The van der Waals surface area contributed by atoms with Crippen molar-refractivity contribution in [1.82, 2.24) is 10.6 Å². The monoisotopic (exact) mass is 366 g/mol. The smallest absolute Gasteiger partial charge is 0.339 e. The number of hydrogen-bond donors (Lipinski definition) is 2. The van der Waals surface area contributed by atoms with E-state index in [-0.39, 0.29) is 5.56 Å². The van der Waals surface area contributed by atoms with Gasteiger partial charge in [0.05, 0.1) is 19.3 Å². The molecule has 0 aliphatic heterocycles. The second kappa shape index (κ2) is 10.3. The molecule has 0 aliphatic rings. The van der Waals surface area contributed by atoms with Gasteiger partial charge in [0.15, 0.2) is 17.6 Å². The number of nitrogens with one attached hydrogen (secondary N) is 2. The number of urea groups is 1. The molecule has 0 radical (unpaired) electrons. The predicted octanol–water partition coefficient (Wildman–Crippen LogP) is 2.12. The summed E-state index contributed by atoms with van der Waals surface area (Å²) in [5.41, 5.74) is 0.205. The number of esters is 1. The second-order valence-electron chi connectivity index (χ2n) is 5.97. The Morgan fingerprint density at radius 1 is 1.12 bits per heavy atom. The van der Waals surface area contributed by atoms with Crippen molar-refractivity contribution < 1.29 is 28.6 Å². The summed E-state index contributed by atoms with van der Waals surface area (Å²) >= 11 is 0. The summed E-state index contributed by atoms with van der Waals surface area (Å²) in [4.78, 5) is 35.4. The highest BCUT2D eigenvalue weighted by atomic mass is 16.5. The first kappa shape index (κ1) is 21.3. The first-order valence-corrected chi connectivity index (χ1v) is 8.39. The average Bonchev–Trinajstić information content (AvgIpc) is 2.59. The molecule has 0 aliphatic carbocycles. The Kier molecular flexibility index (Phi) is 8.41. The molecule has 3 amide bonds. The Morgan fingerprint density at radius 3 is 2.38 bits per heavy atom. The van der Waals surface area contributed by atoms with Gasteiger partial charge in [-0.25, -0.2) is 9.59 Å². The fraction of sp³-hybridized carbons (Fsp3) is 0.500. The lowest BCUT2D eigenvalue weighted by Crippen LogP contribution is -2.44. The van der Waals surface area contributed by atoms with E-state index < -0.39 is 24.0 Å². The van der Waals surface area contributed by atoms with Crippen LogP contribution < -0.4 is 20.1 Å². The number of methoxy groups -OCH3 is 1. The summed E-state index contributed by atoms with van der Waals surface area (Å²) in [7, 11) is 1.47. The van der Waals surface area contributed by atoms with Gasteiger partial charge in [-0.15, -0.1) is 0 Å². The Bertz CT molecular complexity index is 645. The molecule has 1 unspecified atom stereocenters. The zero-order chi connectivity index (χ0) is 19.7. The van der Waals surface area contributed by atoms with Gasteiger partial charge in [0.2, 0.25) is 0 Å².